The van der Waals surface area contributed by atoms with Crippen LogP contribution in [-0.2, 0) is 6.54 Å². The van der Waals surface area contributed by atoms with Gasteiger partial charge in [-0.05, 0) is 39.7 Å². The van der Waals surface area contributed by atoms with Crippen LogP contribution in [0.5, 0.6) is 0 Å². The minimum absolute atomic E-state index is 0.0344. The second-order valence-electron chi connectivity index (χ2n) is 4.69. The van der Waals surface area contributed by atoms with Crippen LogP contribution in [0.3, 0.4) is 0 Å². The van der Waals surface area contributed by atoms with E-state index in [1.54, 1.807) is 11.3 Å². The minimum atomic E-state index is -0.950. The van der Waals surface area contributed by atoms with E-state index < -0.39 is 17.1 Å². The fourth-order valence-electron chi connectivity index (χ4n) is 1.98. The van der Waals surface area contributed by atoms with Gasteiger partial charge < -0.3 is 15.5 Å². The standard InChI is InChI=1S/C14H15BrN2O4S/c15-10-5-12(22-8-10)6-16-13(7-18)14(19)9-1-3-11(4-2-9)17(20)21/h1-5,8,13-14,16,18-19H,6-7H2/t13-,14-/m1/s1. The molecule has 0 amide bonds. The number of benzene rings is 1. The van der Waals surface area contributed by atoms with Crippen LogP contribution >= 0.6 is 27.3 Å². The van der Waals surface area contributed by atoms with Gasteiger partial charge in [0.25, 0.3) is 5.69 Å². The zero-order valence-electron chi connectivity index (χ0n) is 11.5. The molecule has 0 spiro atoms. The average molecular weight is 387 g/mol. The Labute approximate surface area is 139 Å². The molecule has 2 aromatic rings. The highest BCUT2D eigenvalue weighted by molar-refractivity contribution is 9.10. The Kier molecular flexibility index (Phi) is 6.04. The van der Waals surface area contributed by atoms with Crippen LogP contribution in [0.4, 0.5) is 5.69 Å². The first kappa shape index (κ1) is 17.0. The monoisotopic (exact) mass is 386 g/mol. The van der Waals surface area contributed by atoms with E-state index in [1.807, 2.05) is 11.4 Å². The summed E-state index contributed by atoms with van der Waals surface area (Å²) in [7, 11) is 0. The van der Waals surface area contributed by atoms with E-state index in [1.165, 1.54) is 24.3 Å². The number of nitro benzene ring substituents is 1. The molecule has 0 aliphatic carbocycles. The molecule has 6 nitrogen and oxygen atoms in total. The van der Waals surface area contributed by atoms with Gasteiger partial charge in [-0.2, -0.15) is 0 Å². The van der Waals surface area contributed by atoms with Gasteiger partial charge in [-0.3, -0.25) is 10.1 Å². The fourth-order valence-corrected chi connectivity index (χ4v) is 3.38. The van der Waals surface area contributed by atoms with E-state index >= 15 is 0 Å². The number of nitro groups is 1. The summed E-state index contributed by atoms with van der Waals surface area (Å²) in [5, 5.41) is 35.4. The van der Waals surface area contributed by atoms with Gasteiger partial charge in [-0.15, -0.1) is 11.3 Å². The predicted molar refractivity (Wildman–Crippen MR) is 87.8 cm³/mol. The zero-order chi connectivity index (χ0) is 16.1. The number of non-ortho nitro benzene ring substituents is 1. The first-order chi connectivity index (χ1) is 10.5. The lowest BCUT2D eigenvalue weighted by Crippen LogP contribution is -2.37. The Morgan fingerprint density at radius 3 is 2.55 bits per heavy atom. The van der Waals surface area contributed by atoms with Gasteiger partial charge in [0.05, 0.1) is 23.7 Å². The maximum Gasteiger partial charge on any atom is 0.269 e. The van der Waals surface area contributed by atoms with Crippen LogP contribution in [0.1, 0.15) is 16.5 Å². The molecule has 0 bridgehead atoms. The van der Waals surface area contributed by atoms with Gasteiger partial charge in [0.1, 0.15) is 0 Å². The van der Waals surface area contributed by atoms with Crippen molar-refractivity contribution in [3.63, 3.8) is 0 Å². The summed E-state index contributed by atoms with van der Waals surface area (Å²) < 4.78 is 0.991. The third kappa shape index (κ3) is 4.34. The van der Waals surface area contributed by atoms with E-state index in [-0.39, 0.29) is 12.3 Å². The molecule has 0 fully saturated rings. The lowest BCUT2D eigenvalue weighted by atomic mass is 10.0. The molecule has 0 saturated heterocycles. The number of nitrogens with zero attached hydrogens (tertiary/aromatic N) is 1. The molecule has 2 atom stereocenters. The van der Waals surface area contributed by atoms with Gasteiger partial charge in [0.2, 0.25) is 0 Å². The Balaban J connectivity index is 2.01. The van der Waals surface area contributed by atoms with Crippen LogP contribution in [0.25, 0.3) is 0 Å². The number of rotatable bonds is 7. The molecule has 2 rings (SSSR count). The molecule has 0 unspecified atom stereocenters. The van der Waals surface area contributed by atoms with Crippen molar-refractivity contribution in [2.45, 2.75) is 18.7 Å². The van der Waals surface area contributed by atoms with E-state index in [0.29, 0.717) is 12.1 Å². The second kappa shape index (κ2) is 7.80. The van der Waals surface area contributed by atoms with E-state index in [2.05, 4.69) is 21.2 Å². The molecule has 1 aromatic carbocycles. The third-order valence-electron chi connectivity index (χ3n) is 3.18. The number of aliphatic hydroxyl groups is 2. The van der Waals surface area contributed by atoms with Crippen molar-refractivity contribution >= 4 is 33.0 Å². The van der Waals surface area contributed by atoms with E-state index in [9.17, 15) is 20.3 Å². The van der Waals surface area contributed by atoms with Crippen molar-refractivity contribution in [1.29, 1.82) is 0 Å². The van der Waals surface area contributed by atoms with Crippen molar-refractivity contribution in [1.82, 2.24) is 5.32 Å². The Bertz CT molecular complexity index is 632. The van der Waals surface area contributed by atoms with Crippen molar-refractivity contribution in [3.8, 4) is 0 Å². The van der Waals surface area contributed by atoms with E-state index in [4.69, 9.17) is 0 Å². The summed E-state index contributed by atoms with van der Waals surface area (Å²) in [5.74, 6) is 0. The number of hydrogen-bond acceptors (Lipinski definition) is 6. The second-order valence-corrected chi connectivity index (χ2v) is 6.61. The van der Waals surface area contributed by atoms with Crippen LogP contribution < -0.4 is 5.32 Å². The molecule has 118 valence electrons. The largest absolute Gasteiger partial charge is 0.395 e. The molecule has 1 heterocycles. The molecular formula is C14H15BrN2O4S. The highest BCUT2D eigenvalue weighted by Gasteiger charge is 2.20. The molecule has 3 N–H and O–H groups in total. The van der Waals surface area contributed by atoms with Crippen LogP contribution in [0.15, 0.2) is 40.2 Å². The highest BCUT2D eigenvalue weighted by Crippen LogP contribution is 2.22. The topological polar surface area (TPSA) is 95.6 Å². The molecular weight excluding hydrogens is 372 g/mol. The maximum atomic E-state index is 10.6. The molecule has 0 aliphatic heterocycles. The summed E-state index contributed by atoms with van der Waals surface area (Å²) in [6.45, 7) is 0.274. The summed E-state index contributed by atoms with van der Waals surface area (Å²) in [6.07, 6.45) is -0.950. The van der Waals surface area contributed by atoms with Gasteiger partial charge in [0, 0.05) is 33.4 Å². The summed E-state index contributed by atoms with van der Waals surface area (Å²) in [6, 6.07) is 7.07. The van der Waals surface area contributed by atoms with E-state index in [0.717, 1.165) is 9.35 Å². The van der Waals surface area contributed by atoms with Crippen molar-refractivity contribution < 1.29 is 15.1 Å². The van der Waals surface area contributed by atoms with Crippen LogP contribution in [0.2, 0.25) is 0 Å². The Hall–Kier alpha value is -1.32. The molecule has 0 saturated carbocycles. The van der Waals surface area contributed by atoms with Gasteiger partial charge >= 0.3 is 0 Å². The summed E-state index contributed by atoms with van der Waals surface area (Å²) in [5.41, 5.74) is 0.484. The first-order valence-corrected chi connectivity index (χ1v) is 8.18. The quantitative estimate of drug-likeness (QED) is 0.502. The molecule has 1 aromatic heterocycles. The SMILES string of the molecule is O=[N+]([O-])c1ccc([C@@H](O)[C@@H](CO)NCc2cc(Br)cs2)cc1. The van der Waals surface area contributed by atoms with Gasteiger partial charge in [0.15, 0.2) is 0 Å². The third-order valence-corrected chi connectivity index (χ3v) is 4.88. The molecule has 0 aliphatic rings. The van der Waals surface area contributed by atoms with Crippen LogP contribution in [0, 0.1) is 10.1 Å². The number of thiophene rings is 1. The first-order valence-electron chi connectivity index (χ1n) is 6.51. The molecule has 8 heteroatoms. The van der Waals surface area contributed by atoms with Crippen molar-refractivity contribution in [2.24, 2.45) is 0 Å². The summed E-state index contributed by atoms with van der Waals surface area (Å²) >= 11 is 4.94. The van der Waals surface area contributed by atoms with Crippen LogP contribution in [-0.4, -0.2) is 27.8 Å². The average Bonchev–Trinajstić information content (AvgIpc) is 2.93. The molecule has 22 heavy (non-hydrogen) atoms. The van der Waals surface area contributed by atoms with Crippen molar-refractivity contribution in [3.05, 3.63) is 60.7 Å². The number of aliphatic hydroxyl groups excluding tert-OH is 2. The normalized spacial score (nSPS) is 13.8. The van der Waals surface area contributed by atoms with Crippen molar-refractivity contribution in [2.75, 3.05) is 6.61 Å². The predicted octanol–water partition coefficient (Wildman–Crippen LogP) is 2.60. The Morgan fingerprint density at radius 1 is 1.36 bits per heavy atom. The minimum Gasteiger partial charge on any atom is -0.395 e. The lowest BCUT2D eigenvalue weighted by molar-refractivity contribution is -0.384. The lowest BCUT2D eigenvalue weighted by Gasteiger charge is -2.22. The highest BCUT2D eigenvalue weighted by atomic mass is 79.9. The number of hydrogen-bond donors (Lipinski definition) is 3. The van der Waals surface area contributed by atoms with Gasteiger partial charge in [-0.1, -0.05) is 0 Å². The summed E-state index contributed by atoms with van der Waals surface area (Å²) in [4.78, 5) is 11.2. The van der Waals surface area contributed by atoms with Gasteiger partial charge in [-0.25, -0.2) is 0 Å². The molecule has 0 radical (unpaired) electrons. The smallest absolute Gasteiger partial charge is 0.269 e. The number of halogens is 1. The maximum absolute atomic E-state index is 10.6. The Morgan fingerprint density at radius 2 is 2.05 bits per heavy atom. The fraction of sp³-hybridized carbons (Fsp3) is 0.286. The number of nitrogens with one attached hydrogen (secondary N) is 1. The zero-order valence-corrected chi connectivity index (χ0v) is 13.9.